The summed E-state index contributed by atoms with van der Waals surface area (Å²) in [7, 11) is -3.27. The van der Waals surface area contributed by atoms with Crippen molar-refractivity contribution in [3.8, 4) is 0 Å². The fourth-order valence-corrected chi connectivity index (χ4v) is 3.78. The lowest BCUT2D eigenvalue weighted by Crippen LogP contribution is -2.51. The Hall–Kier alpha value is -2.66. The number of amides is 1. The van der Waals surface area contributed by atoms with E-state index in [9.17, 15) is 22.8 Å². The minimum absolute atomic E-state index is 0.0760. The van der Waals surface area contributed by atoms with E-state index in [0.717, 1.165) is 6.26 Å². The van der Waals surface area contributed by atoms with E-state index in [4.69, 9.17) is 9.47 Å². The first-order valence-corrected chi connectivity index (χ1v) is 11.5. The van der Waals surface area contributed by atoms with Crippen molar-refractivity contribution in [3.05, 3.63) is 29.3 Å². The molecule has 1 N–H and O–H groups in total. The summed E-state index contributed by atoms with van der Waals surface area (Å²) in [6, 6.07) is 4.37. The van der Waals surface area contributed by atoms with Crippen LogP contribution in [0.2, 0.25) is 0 Å². The van der Waals surface area contributed by atoms with Crippen LogP contribution in [-0.4, -0.2) is 87.7 Å². The average Bonchev–Trinajstić information content (AvgIpc) is 2.71. The van der Waals surface area contributed by atoms with Crippen molar-refractivity contribution in [1.82, 2.24) is 9.21 Å². The molecule has 0 radical (unpaired) electrons. The zero-order valence-corrected chi connectivity index (χ0v) is 18.2. The Morgan fingerprint density at radius 3 is 1.87 bits per heavy atom. The van der Waals surface area contributed by atoms with Crippen molar-refractivity contribution in [2.75, 3.05) is 57.5 Å². The van der Waals surface area contributed by atoms with E-state index in [1.165, 1.54) is 22.5 Å². The molecule has 0 aromatic heterocycles. The number of nitrogens with one attached hydrogen (secondary N) is 1. The number of anilines is 1. The summed E-state index contributed by atoms with van der Waals surface area (Å²) in [4.78, 5) is 38.2. The van der Waals surface area contributed by atoms with Gasteiger partial charge in [-0.25, -0.2) is 18.0 Å². The third-order valence-corrected chi connectivity index (χ3v) is 5.76. The molecule has 0 bridgehead atoms. The van der Waals surface area contributed by atoms with Crippen LogP contribution in [-0.2, 0) is 24.3 Å². The van der Waals surface area contributed by atoms with Crippen LogP contribution in [0.3, 0.4) is 0 Å². The van der Waals surface area contributed by atoms with Crippen molar-refractivity contribution in [3.63, 3.8) is 0 Å². The molecule has 0 atom stereocenters. The van der Waals surface area contributed by atoms with Gasteiger partial charge in [0.15, 0.2) is 0 Å². The molecule has 2 rings (SSSR count). The molecule has 1 aliphatic heterocycles. The number of ether oxygens (including phenoxy) is 2. The third-order valence-electron chi connectivity index (χ3n) is 4.46. The first-order chi connectivity index (χ1) is 14.2. The van der Waals surface area contributed by atoms with Crippen molar-refractivity contribution >= 4 is 33.6 Å². The Bertz CT molecular complexity index is 857. The first-order valence-electron chi connectivity index (χ1n) is 9.61. The summed E-state index contributed by atoms with van der Waals surface area (Å²) < 4.78 is 34.5. The van der Waals surface area contributed by atoms with Crippen LogP contribution in [0, 0.1) is 0 Å². The predicted octanol–water partition coefficient (Wildman–Crippen LogP) is 0.556. The second kappa shape index (κ2) is 10.4. The molecule has 11 heteroatoms. The highest BCUT2D eigenvalue weighted by molar-refractivity contribution is 7.88. The van der Waals surface area contributed by atoms with Gasteiger partial charge in [-0.3, -0.25) is 4.79 Å². The highest BCUT2D eigenvalue weighted by atomic mass is 32.2. The molecule has 1 aromatic carbocycles. The van der Waals surface area contributed by atoms with Crippen molar-refractivity contribution in [2.24, 2.45) is 0 Å². The van der Waals surface area contributed by atoms with Gasteiger partial charge in [0.05, 0.1) is 37.1 Å². The number of esters is 2. The van der Waals surface area contributed by atoms with Gasteiger partial charge in [0.25, 0.3) is 0 Å². The van der Waals surface area contributed by atoms with Gasteiger partial charge in [-0.2, -0.15) is 4.31 Å². The van der Waals surface area contributed by atoms with Gasteiger partial charge in [0.1, 0.15) is 0 Å². The molecular formula is C19H27N3O7S. The molecule has 166 valence electrons. The Kier molecular flexibility index (Phi) is 8.18. The molecular weight excluding hydrogens is 414 g/mol. The number of hydrogen-bond acceptors (Lipinski definition) is 8. The summed E-state index contributed by atoms with van der Waals surface area (Å²) in [6.45, 7) is 4.73. The standard InChI is InChI=1S/C19H27N3O7S/c1-4-28-18(24)14-10-15(19(25)29-5-2)12-16(11-14)20-13-17(23)21-6-8-22(9-7-21)30(3,26)27/h10-12,20H,4-9,13H2,1-3H3. The average molecular weight is 442 g/mol. The third kappa shape index (κ3) is 6.42. The van der Waals surface area contributed by atoms with Gasteiger partial charge in [-0.15, -0.1) is 0 Å². The number of carbonyl (C=O) groups is 3. The SMILES string of the molecule is CCOC(=O)c1cc(NCC(=O)N2CCN(S(C)(=O)=O)CC2)cc(C(=O)OCC)c1. The van der Waals surface area contributed by atoms with E-state index in [1.54, 1.807) is 18.7 Å². The van der Waals surface area contributed by atoms with E-state index >= 15 is 0 Å². The molecule has 1 aromatic rings. The lowest BCUT2D eigenvalue weighted by atomic mass is 10.1. The molecule has 0 spiro atoms. The fraction of sp³-hybridized carbons (Fsp3) is 0.526. The van der Waals surface area contributed by atoms with E-state index in [0.29, 0.717) is 18.8 Å². The Labute approximate surface area is 176 Å². The molecule has 1 heterocycles. The van der Waals surface area contributed by atoms with Gasteiger partial charge in [0, 0.05) is 31.9 Å². The molecule has 0 unspecified atom stereocenters. The maximum absolute atomic E-state index is 12.5. The van der Waals surface area contributed by atoms with E-state index in [1.807, 2.05) is 0 Å². The van der Waals surface area contributed by atoms with Crippen molar-refractivity contribution < 1.29 is 32.3 Å². The summed E-state index contributed by atoms with van der Waals surface area (Å²) in [5.74, 6) is -1.40. The molecule has 1 aliphatic rings. The predicted molar refractivity (Wildman–Crippen MR) is 110 cm³/mol. The van der Waals surface area contributed by atoms with Crippen LogP contribution in [0.4, 0.5) is 5.69 Å². The monoisotopic (exact) mass is 441 g/mol. The Morgan fingerprint density at radius 1 is 0.933 bits per heavy atom. The maximum Gasteiger partial charge on any atom is 0.338 e. The topological polar surface area (TPSA) is 122 Å². The lowest BCUT2D eigenvalue weighted by molar-refractivity contribution is -0.130. The van der Waals surface area contributed by atoms with Crippen LogP contribution < -0.4 is 5.32 Å². The fourth-order valence-electron chi connectivity index (χ4n) is 2.95. The first kappa shape index (κ1) is 23.6. The molecule has 30 heavy (non-hydrogen) atoms. The number of carbonyl (C=O) groups excluding carboxylic acids is 3. The summed E-state index contributed by atoms with van der Waals surface area (Å²) >= 11 is 0. The number of piperazine rings is 1. The van der Waals surface area contributed by atoms with Crippen LogP contribution in [0.5, 0.6) is 0 Å². The van der Waals surface area contributed by atoms with Crippen molar-refractivity contribution in [2.45, 2.75) is 13.8 Å². The zero-order valence-electron chi connectivity index (χ0n) is 17.3. The van der Waals surface area contributed by atoms with E-state index in [-0.39, 0.29) is 49.9 Å². The minimum Gasteiger partial charge on any atom is -0.462 e. The van der Waals surface area contributed by atoms with Crippen LogP contribution in [0.25, 0.3) is 0 Å². The highest BCUT2D eigenvalue weighted by Gasteiger charge is 2.26. The van der Waals surface area contributed by atoms with Gasteiger partial charge >= 0.3 is 11.9 Å². The van der Waals surface area contributed by atoms with Gasteiger partial charge in [-0.1, -0.05) is 0 Å². The minimum atomic E-state index is -3.27. The second-order valence-corrected chi connectivity index (χ2v) is 8.62. The number of rotatable bonds is 8. The molecule has 0 aliphatic carbocycles. The normalized spacial score (nSPS) is 14.8. The van der Waals surface area contributed by atoms with Crippen LogP contribution >= 0.6 is 0 Å². The second-order valence-electron chi connectivity index (χ2n) is 6.64. The van der Waals surface area contributed by atoms with Crippen molar-refractivity contribution in [1.29, 1.82) is 0 Å². The number of sulfonamides is 1. The van der Waals surface area contributed by atoms with Gasteiger partial charge in [-0.05, 0) is 32.0 Å². The van der Waals surface area contributed by atoms with Gasteiger partial charge < -0.3 is 19.7 Å². The lowest BCUT2D eigenvalue weighted by Gasteiger charge is -2.33. The molecule has 1 fully saturated rings. The number of benzene rings is 1. The van der Waals surface area contributed by atoms with E-state index in [2.05, 4.69) is 5.32 Å². The Balaban J connectivity index is 2.07. The summed E-state index contributed by atoms with van der Waals surface area (Å²) in [6.07, 6.45) is 1.14. The quantitative estimate of drug-likeness (QED) is 0.581. The largest absolute Gasteiger partial charge is 0.462 e. The summed E-state index contributed by atoms with van der Waals surface area (Å²) in [5.41, 5.74) is 0.727. The zero-order chi connectivity index (χ0) is 22.3. The Morgan fingerprint density at radius 2 is 1.43 bits per heavy atom. The maximum atomic E-state index is 12.5. The smallest absolute Gasteiger partial charge is 0.338 e. The highest BCUT2D eigenvalue weighted by Crippen LogP contribution is 2.17. The van der Waals surface area contributed by atoms with Gasteiger partial charge in [0.2, 0.25) is 15.9 Å². The summed E-state index contributed by atoms with van der Waals surface area (Å²) in [5, 5.41) is 2.92. The number of hydrogen-bond donors (Lipinski definition) is 1. The molecule has 1 amide bonds. The van der Waals surface area contributed by atoms with Crippen LogP contribution in [0.15, 0.2) is 18.2 Å². The molecule has 1 saturated heterocycles. The number of nitrogens with zero attached hydrogens (tertiary/aromatic N) is 2. The molecule has 10 nitrogen and oxygen atoms in total. The van der Waals surface area contributed by atoms with Crippen LogP contribution in [0.1, 0.15) is 34.6 Å². The van der Waals surface area contributed by atoms with E-state index < -0.39 is 22.0 Å². The molecule has 0 saturated carbocycles.